The molecule has 1 heteroatoms. The van der Waals surface area contributed by atoms with E-state index in [9.17, 15) is 0 Å². The highest BCUT2D eigenvalue weighted by Crippen LogP contribution is 2.18. The van der Waals surface area contributed by atoms with E-state index in [2.05, 4.69) is 53.8 Å². The summed E-state index contributed by atoms with van der Waals surface area (Å²) in [6.45, 7) is 16.3. The Morgan fingerprint density at radius 2 is 1.18 bits per heavy atom. The first-order chi connectivity index (χ1) is 7.90. The first-order valence-electron chi connectivity index (χ1n) is 7.66. The summed E-state index contributed by atoms with van der Waals surface area (Å²) in [7, 11) is 0. The monoisotopic (exact) mass is 241 g/mol. The maximum absolute atomic E-state index is 3.88. The van der Waals surface area contributed by atoms with Crippen molar-refractivity contribution >= 4 is 0 Å². The van der Waals surface area contributed by atoms with E-state index in [1.165, 1.54) is 25.7 Å². The predicted octanol–water partition coefficient (Wildman–Crippen LogP) is 4.86. The second-order valence-electron chi connectivity index (χ2n) is 6.49. The third-order valence-electron chi connectivity index (χ3n) is 3.77. The van der Waals surface area contributed by atoms with Gasteiger partial charge in [-0.25, -0.2) is 0 Å². The van der Waals surface area contributed by atoms with E-state index in [4.69, 9.17) is 0 Å². The van der Waals surface area contributed by atoms with Gasteiger partial charge < -0.3 is 5.32 Å². The van der Waals surface area contributed by atoms with Crippen molar-refractivity contribution in [2.75, 3.05) is 0 Å². The van der Waals surface area contributed by atoms with Crippen LogP contribution in [0.15, 0.2) is 0 Å². The average molecular weight is 241 g/mol. The molecule has 0 aromatic rings. The Hall–Kier alpha value is -0.0400. The molecule has 0 aromatic carbocycles. The second kappa shape index (κ2) is 8.97. The van der Waals surface area contributed by atoms with Gasteiger partial charge >= 0.3 is 0 Å². The van der Waals surface area contributed by atoms with Crippen molar-refractivity contribution in [3.63, 3.8) is 0 Å². The zero-order chi connectivity index (χ0) is 13.4. The molecule has 0 aliphatic carbocycles. The summed E-state index contributed by atoms with van der Waals surface area (Å²) < 4.78 is 0. The molecule has 0 aliphatic heterocycles. The zero-order valence-corrected chi connectivity index (χ0v) is 13.2. The lowest BCUT2D eigenvalue weighted by Crippen LogP contribution is -2.42. The van der Waals surface area contributed by atoms with Crippen molar-refractivity contribution in [2.24, 2.45) is 17.8 Å². The molecule has 17 heavy (non-hydrogen) atoms. The minimum atomic E-state index is 0.660. The molecule has 1 atom stereocenters. The van der Waals surface area contributed by atoms with E-state index in [-0.39, 0.29) is 0 Å². The molecule has 1 unspecified atom stereocenters. The average Bonchev–Trinajstić information content (AvgIpc) is 2.16. The fraction of sp³-hybridized carbons (Fsp3) is 1.00. The van der Waals surface area contributed by atoms with E-state index >= 15 is 0 Å². The summed E-state index contributed by atoms with van der Waals surface area (Å²) in [6, 6.07) is 1.36. The molecule has 0 aromatic heterocycles. The normalized spacial score (nSPS) is 14.3. The van der Waals surface area contributed by atoms with E-state index in [0.717, 1.165) is 17.8 Å². The Balaban J connectivity index is 4.29. The van der Waals surface area contributed by atoms with Crippen LogP contribution in [0.25, 0.3) is 0 Å². The predicted molar refractivity (Wildman–Crippen MR) is 79.4 cm³/mol. The van der Waals surface area contributed by atoms with Gasteiger partial charge in [-0.05, 0) is 37.5 Å². The van der Waals surface area contributed by atoms with Gasteiger partial charge in [0.15, 0.2) is 0 Å². The van der Waals surface area contributed by atoms with Crippen LogP contribution in [0.2, 0.25) is 0 Å². The van der Waals surface area contributed by atoms with Gasteiger partial charge in [-0.1, -0.05) is 54.4 Å². The van der Waals surface area contributed by atoms with Crippen LogP contribution in [0.3, 0.4) is 0 Å². The van der Waals surface area contributed by atoms with Crippen molar-refractivity contribution in [3.05, 3.63) is 0 Å². The molecular formula is C16H35N. The maximum atomic E-state index is 3.88. The van der Waals surface area contributed by atoms with Crippen LogP contribution in [-0.4, -0.2) is 12.1 Å². The molecule has 0 fully saturated rings. The largest absolute Gasteiger partial charge is 0.311 e. The van der Waals surface area contributed by atoms with E-state index in [1.54, 1.807) is 0 Å². The van der Waals surface area contributed by atoms with E-state index in [0.29, 0.717) is 12.1 Å². The van der Waals surface area contributed by atoms with Crippen LogP contribution in [0.4, 0.5) is 0 Å². The van der Waals surface area contributed by atoms with Crippen molar-refractivity contribution in [3.8, 4) is 0 Å². The molecule has 0 bridgehead atoms. The van der Waals surface area contributed by atoms with Gasteiger partial charge in [0, 0.05) is 12.1 Å². The molecule has 104 valence electrons. The molecule has 1 N–H and O–H groups in total. The summed E-state index contributed by atoms with van der Waals surface area (Å²) in [4.78, 5) is 0. The SMILES string of the molecule is CCC(CC)C(C)NC(CC(C)C)CC(C)C. The van der Waals surface area contributed by atoms with E-state index < -0.39 is 0 Å². The highest BCUT2D eigenvalue weighted by Gasteiger charge is 2.19. The van der Waals surface area contributed by atoms with Gasteiger partial charge in [0.05, 0.1) is 0 Å². The maximum Gasteiger partial charge on any atom is 0.00745 e. The summed E-state index contributed by atoms with van der Waals surface area (Å²) in [5.41, 5.74) is 0. The van der Waals surface area contributed by atoms with Crippen molar-refractivity contribution in [2.45, 2.75) is 86.2 Å². The highest BCUT2D eigenvalue weighted by atomic mass is 14.9. The van der Waals surface area contributed by atoms with Crippen molar-refractivity contribution in [1.29, 1.82) is 0 Å². The van der Waals surface area contributed by atoms with Crippen LogP contribution in [0.1, 0.15) is 74.1 Å². The van der Waals surface area contributed by atoms with Gasteiger partial charge in [0.1, 0.15) is 0 Å². The number of hydrogen-bond acceptors (Lipinski definition) is 1. The Bertz CT molecular complexity index is 160. The van der Waals surface area contributed by atoms with Crippen LogP contribution in [-0.2, 0) is 0 Å². The third kappa shape index (κ3) is 7.81. The van der Waals surface area contributed by atoms with Gasteiger partial charge in [-0.2, -0.15) is 0 Å². The number of hydrogen-bond donors (Lipinski definition) is 1. The summed E-state index contributed by atoms with van der Waals surface area (Å²) in [5, 5.41) is 3.88. The molecule has 0 spiro atoms. The summed E-state index contributed by atoms with van der Waals surface area (Å²) in [5.74, 6) is 2.41. The molecule has 0 amide bonds. The fourth-order valence-corrected chi connectivity index (χ4v) is 2.87. The summed E-state index contributed by atoms with van der Waals surface area (Å²) in [6.07, 6.45) is 5.20. The van der Waals surface area contributed by atoms with Gasteiger partial charge in [0.2, 0.25) is 0 Å². The van der Waals surface area contributed by atoms with Crippen LogP contribution in [0, 0.1) is 17.8 Å². The third-order valence-corrected chi connectivity index (χ3v) is 3.77. The highest BCUT2D eigenvalue weighted by molar-refractivity contribution is 4.77. The molecule has 0 heterocycles. The molecule has 0 saturated carbocycles. The van der Waals surface area contributed by atoms with Crippen LogP contribution < -0.4 is 5.32 Å². The summed E-state index contributed by atoms with van der Waals surface area (Å²) >= 11 is 0. The van der Waals surface area contributed by atoms with Crippen LogP contribution in [0.5, 0.6) is 0 Å². The minimum absolute atomic E-state index is 0.660. The van der Waals surface area contributed by atoms with Crippen LogP contribution >= 0.6 is 0 Å². The van der Waals surface area contributed by atoms with Gasteiger partial charge in [-0.15, -0.1) is 0 Å². The van der Waals surface area contributed by atoms with Gasteiger partial charge in [0.25, 0.3) is 0 Å². The van der Waals surface area contributed by atoms with Crippen molar-refractivity contribution < 1.29 is 0 Å². The molecule has 0 radical (unpaired) electrons. The Morgan fingerprint density at radius 1 is 0.765 bits per heavy atom. The van der Waals surface area contributed by atoms with E-state index in [1.807, 2.05) is 0 Å². The Morgan fingerprint density at radius 3 is 1.47 bits per heavy atom. The number of nitrogens with one attached hydrogen (secondary N) is 1. The standard InChI is InChI=1S/C16H35N/c1-8-15(9-2)14(7)17-16(10-12(3)4)11-13(5)6/h12-17H,8-11H2,1-7H3. The molecule has 0 aliphatic rings. The Kier molecular flexibility index (Phi) is 8.94. The molecular weight excluding hydrogens is 206 g/mol. The molecule has 0 rings (SSSR count). The number of rotatable bonds is 9. The zero-order valence-electron chi connectivity index (χ0n) is 13.2. The quantitative estimate of drug-likeness (QED) is 0.608. The fourth-order valence-electron chi connectivity index (χ4n) is 2.87. The molecule has 1 nitrogen and oxygen atoms in total. The second-order valence-corrected chi connectivity index (χ2v) is 6.49. The smallest absolute Gasteiger partial charge is 0.00745 e. The lowest BCUT2D eigenvalue weighted by molar-refractivity contribution is 0.276. The van der Waals surface area contributed by atoms with Gasteiger partial charge in [-0.3, -0.25) is 0 Å². The minimum Gasteiger partial charge on any atom is -0.311 e. The first kappa shape index (κ1) is 17.0. The molecule has 0 saturated heterocycles. The first-order valence-corrected chi connectivity index (χ1v) is 7.66. The lowest BCUT2D eigenvalue weighted by atomic mass is 9.91. The lowest BCUT2D eigenvalue weighted by Gasteiger charge is -2.30. The topological polar surface area (TPSA) is 12.0 Å². The van der Waals surface area contributed by atoms with Crippen molar-refractivity contribution in [1.82, 2.24) is 5.32 Å². The Labute approximate surface area is 110 Å².